The zero-order valence-corrected chi connectivity index (χ0v) is 24.1. The van der Waals surface area contributed by atoms with E-state index in [0.29, 0.717) is 22.8 Å². The van der Waals surface area contributed by atoms with E-state index in [-0.39, 0.29) is 39.8 Å². The van der Waals surface area contributed by atoms with Crippen molar-refractivity contribution in [2.75, 3.05) is 10.6 Å². The van der Waals surface area contributed by atoms with E-state index in [4.69, 9.17) is 0 Å². The number of halogens is 3. The Labute approximate surface area is 251 Å². The number of hydrogen-bond donors (Lipinski definition) is 2. The number of benzene rings is 3. The van der Waals surface area contributed by atoms with Crippen molar-refractivity contribution in [1.29, 1.82) is 0 Å². The lowest BCUT2D eigenvalue weighted by atomic mass is 9.52. The Hall–Kier alpha value is -4.42. The maximum atomic E-state index is 13.9. The van der Waals surface area contributed by atoms with Gasteiger partial charge >= 0.3 is 6.18 Å². The minimum Gasteiger partial charge on any atom is -0.301 e. The summed E-state index contributed by atoms with van der Waals surface area (Å²) in [5.41, 5.74) is 5.63. The molecule has 3 aliphatic carbocycles. The predicted octanol–water partition coefficient (Wildman–Crippen LogP) is 7.56. The molecule has 2 heterocycles. The van der Waals surface area contributed by atoms with Gasteiger partial charge in [0.05, 0.1) is 11.1 Å². The Balaban J connectivity index is 1.10. The van der Waals surface area contributed by atoms with Gasteiger partial charge in [-0.1, -0.05) is 72.0 Å². The number of aromatic nitrogens is 3. The van der Waals surface area contributed by atoms with Crippen LogP contribution in [0.2, 0.25) is 0 Å². The average Bonchev–Trinajstić information content (AvgIpc) is 3.67. The Morgan fingerprint density at radius 3 is 2.21 bits per heavy atom. The monoisotopic (exact) mass is 617 g/mol. The van der Waals surface area contributed by atoms with Crippen molar-refractivity contribution in [3.8, 4) is 11.3 Å². The van der Waals surface area contributed by atoms with E-state index < -0.39 is 22.5 Å². The van der Waals surface area contributed by atoms with Crippen LogP contribution in [0.3, 0.4) is 0 Å². The summed E-state index contributed by atoms with van der Waals surface area (Å²) in [5, 5.41) is 12.7. The SMILES string of the molecule is CC1(C(=O)Nc2nc(-c3cccc(C(=O)Nc4nnc(C(F)(F)F)s4)c3)cs2)CC2c3ccccc3C1c1ccccc12. The molecule has 0 radical (unpaired) electrons. The largest absolute Gasteiger partial charge is 0.445 e. The smallest absolute Gasteiger partial charge is 0.301 e. The number of anilines is 2. The number of thiazole rings is 1. The topological polar surface area (TPSA) is 96.9 Å². The zero-order valence-electron chi connectivity index (χ0n) is 22.5. The second-order valence-electron chi connectivity index (χ2n) is 10.8. The molecule has 0 saturated heterocycles. The van der Waals surface area contributed by atoms with Crippen LogP contribution in [0, 0.1) is 5.41 Å². The molecule has 3 aliphatic rings. The van der Waals surface area contributed by atoms with E-state index in [0.717, 1.165) is 0 Å². The molecule has 8 rings (SSSR count). The van der Waals surface area contributed by atoms with Gasteiger partial charge in [0.15, 0.2) is 5.13 Å². The number of amides is 2. The molecule has 7 nitrogen and oxygen atoms in total. The van der Waals surface area contributed by atoms with Crippen LogP contribution in [0.4, 0.5) is 23.4 Å². The molecule has 43 heavy (non-hydrogen) atoms. The molecule has 2 aromatic heterocycles. The van der Waals surface area contributed by atoms with Crippen molar-refractivity contribution in [1.82, 2.24) is 15.2 Å². The molecule has 2 N–H and O–H groups in total. The van der Waals surface area contributed by atoms with Crippen LogP contribution < -0.4 is 10.6 Å². The fraction of sp³-hybridized carbons (Fsp3) is 0.194. The summed E-state index contributed by atoms with van der Waals surface area (Å²) in [6.45, 7) is 2.03. The Kier molecular flexibility index (Phi) is 6.44. The number of fused-ring (bicyclic) bond motifs is 1. The fourth-order valence-corrected chi connectivity index (χ4v) is 7.59. The van der Waals surface area contributed by atoms with Crippen LogP contribution in [-0.4, -0.2) is 27.0 Å². The molecule has 0 saturated carbocycles. The zero-order chi connectivity index (χ0) is 29.9. The van der Waals surface area contributed by atoms with Crippen LogP contribution in [0.25, 0.3) is 11.3 Å². The van der Waals surface area contributed by atoms with Crippen molar-refractivity contribution >= 4 is 44.8 Å². The van der Waals surface area contributed by atoms with E-state index in [9.17, 15) is 22.8 Å². The summed E-state index contributed by atoms with van der Waals surface area (Å²) in [5.74, 6) is -0.680. The average molecular weight is 618 g/mol. The summed E-state index contributed by atoms with van der Waals surface area (Å²) in [6.07, 6.45) is -3.95. The van der Waals surface area contributed by atoms with Gasteiger partial charge < -0.3 is 5.32 Å². The number of carbonyl (C=O) groups is 2. The van der Waals surface area contributed by atoms with Crippen LogP contribution in [0.1, 0.15) is 62.8 Å². The maximum Gasteiger partial charge on any atom is 0.445 e. The Morgan fingerprint density at radius 1 is 0.884 bits per heavy atom. The van der Waals surface area contributed by atoms with E-state index in [1.54, 1.807) is 23.6 Å². The second-order valence-corrected chi connectivity index (χ2v) is 12.6. The highest BCUT2D eigenvalue weighted by atomic mass is 32.1. The third-order valence-electron chi connectivity index (χ3n) is 8.18. The van der Waals surface area contributed by atoms with Crippen LogP contribution in [0.5, 0.6) is 0 Å². The van der Waals surface area contributed by atoms with Gasteiger partial charge in [-0.05, 0) is 47.7 Å². The summed E-state index contributed by atoms with van der Waals surface area (Å²) < 4.78 is 38.5. The first-order valence-electron chi connectivity index (χ1n) is 13.4. The standard InChI is InChI=1S/C31H22F3N5O2S2/c1-30(14-22-18-9-2-4-11-20(18)24(30)21-12-5-3-10-19(21)22)26(41)37-28-35-23(15-42-28)16-7-6-8-17(13-16)25(40)36-29-39-38-27(43-29)31(32,33)34/h2-13,15,22,24H,14H2,1H3,(H,35,37,41)(H,36,39,40). The Bertz CT molecular complexity index is 1850. The molecule has 0 fully saturated rings. The molecule has 2 amide bonds. The molecule has 0 spiro atoms. The van der Waals surface area contributed by atoms with Crippen molar-refractivity contribution < 1.29 is 22.8 Å². The van der Waals surface area contributed by atoms with Gasteiger partial charge in [-0.3, -0.25) is 14.9 Å². The van der Waals surface area contributed by atoms with Gasteiger partial charge in [0.2, 0.25) is 16.0 Å². The molecule has 0 aliphatic heterocycles. The number of rotatable bonds is 5. The van der Waals surface area contributed by atoms with Crippen molar-refractivity contribution in [3.05, 3.63) is 111 Å². The molecule has 1 unspecified atom stereocenters. The van der Waals surface area contributed by atoms with Crippen LogP contribution >= 0.6 is 22.7 Å². The van der Waals surface area contributed by atoms with Gasteiger partial charge in [-0.15, -0.1) is 21.5 Å². The quantitative estimate of drug-likeness (QED) is 0.212. The molecule has 216 valence electrons. The molecule has 3 aromatic carbocycles. The van der Waals surface area contributed by atoms with E-state index in [1.165, 1.54) is 39.7 Å². The fourth-order valence-electron chi connectivity index (χ4n) is 6.27. The maximum absolute atomic E-state index is 13.9. The molecule has 12 heteroatoms. The molecule has 1 atom stereocenters. The van der Waals surface area contributed by atoms with Crippen molar-refractivity contribution in [3.63, 3.8) is 0 Å². The number of alkyl halides is 3. The van der Waals surface area contributed by atoms with Crippen LogP contribution in [-0.2, 0) is 11.0 Å². The number of hydrogen-bond acceptors (Lipinski definition) is 7. The summed E-state index contributed by atoms with van der Waals surface area (Å²) in [4.78, 5) is 31.3. The van der Waals surface area contributed by atoms with Gasteiger partial charge in [-0.25, -0.2) is 4.98 Å². The summed E-state index contributed by atoms with van der Waals surface area (Å²) >= 11 is 1.53. The Morgan fingerprint density at radius 2 is 1.56 bits per heavy atom. The third kappa shape index (κ3) is 4.70. The first kappa shape index (κ1) is 27.4. The highest BCUT2D eigenvalue weighted by Gasteiger charge is 2.54. The van der Waals surface area contributed by atoms with E-state index in [2.05, 4.69) is 62.2 Å². The van der Waals surface area contributed by atoms with Gasteiger partial charge in [0.25, 0.3) is 5.91 Å². The minimum atomic E-state index is -4.64. The minimum absolute atomic E-state index is 0.0835. The summed E-state index contributed by atoms with van der Waals surface area (Å²) in [7, 11) is 0. The number of nitrogens with zero attached hydrogens (tertiary/aromatic N) is 3. The van der Waals surface area contributed by atoms with E-state index in [1.807, 2.05) is 19.1 Å². The molecule has 2 bridgehead atoms. The first-order valence-corrected chi connectivity index (χ1v) is 15.1. The van der Waals surface area contributed by atoms with Gasteiger partial charge in [0, 0.05) is 28.3 Å². The highest BCUT2D eigenvalue weighted by molar-refractivity contribution is 7.15. The summed E-state index contributed by atoms with van der Waals surface area (Å²) in [6, 6.07) is 23.3. The lowest BCUT2D eigenvalue weighted by molar-refractivity contribution is -0.138. The predicted molar refractivity (Wildman–Crippen MR) is 158 cm³/mol. The van der Waals surface area contributed by atoms with Gasteiger partial charge in [-0.2, -0.15) is 13.2 Å². The van der Waals surface area contributed by atoms with Crippen molar-refractivity contribution in [2.45, 2.75) is 31.4 Å². The van der Waals surface area contributed by atoms with Gasteiger partial charge in [0.1, 0.15) is 0 Å². The molecular formula is C31H22F3N5O2S2. The van der Waals surface area contributed by atoms with Crippen molar-refractivity contribution in [2.24, 2.45) is 5.41 Å². The molecular weight excluding hydrogens is 596 g/mol. The second kappa shape index (κ2) is 10.1. The molecule has 5 aromatic rings. The lowest BCUT2D eigenvalue weighted by Crippen LogP contribution is -2.47. The first-order chi connectivity index (χ1) is 20.6. The highest BCUT2D eigenvalue weighted by Crippen LogP contribution is 2.61. The third-order valence-corrected chi connectivity index (χ3v) is 9.82. The van der Waals surface area contributed by atoms with E-state index >= 15 is 0 Å². The number of nitrogens with one attached hydrogen (secondary N) is 2. The van der Waals surface area contributed by atoms with Crippen LogP contribution in [0.15, 0.2) is 78.2 Å². The normalized spacial score (nSPS) is 20.3. The lowest BCUT2D eigenvalue weighted by Gasteiger charge is -2.50. The number of carbonyl (C=O) groups excluding carboxylic acids is 2.